The first-order valence-corrected chi connectivity index (χ1v) is 8.62. The minimum absolute atomic E-state index is 0.215. The predicted molar refractivity (Wildman–Crippen MR) is 91.0 cm³/mol. The Hall–Kier alpha value is -1.62. The quantitative estimate of drug-likeness (QED) is 0.802. The maximum absolute atomic E-state index is 13.0. The van der Waals surface area contributed by atoms with Crippen LogP contribution in [0, 0.1) is 5.41 Å². The molecule has 1 aliphatic carbocycles. The largest absolute Gasteiger partial charge is 0.340 e. The Labute approximate surface area is 139 Å². The maximum atomic E-state index is 13.0. The molecule has 1 amide bonds. The number of aromatic nitrogens is 2. The van der Waals surface area contributed by atoms with E-state index < -0.39 is 0 Å². The molecule has 0 saturated carbocycles. The van der Waals surface area contributed by atoms with Crippen molar-refractivity contribution in [1.29, 1.82) is 0 Å². The standard InChI is InChI=1S/C18H28N4O/c1-18(8-5-4-6-9-18)17(23)21-10-7-16-19-13-15(14-20(2)3)22(16)12-11-21/h4-5,13H,6-12,14H2,1-3H3. The monoisotopic (exact) mass is 316 g/mol. The zero-order valence-electron chi connectivity index (χ0n) is 14.6. The van der Waals surface area contributed by atoms with Crippen LogP contribution < -0.4 is 0 Å². The summed E-state index contributed by atoms with van der Waals surface area (Å²) in [6, 6.07) is 0. The summed E-state index contributed by atoms with van der Waals surface area (Å²) in [7, 11) is 4.15. The van der Waals surface area contributed by atoms with E-state index in [-0.39, 0.29) is 5.41 Å². The van der Waals surface area contributed by atoms with Gasteiger partial charge in [-0.2, -0.15) is 0 Å². The lowest BCUT2D eigenvalue weighted by molar-refractivity contribution is -0.141. The highest BCUT2D eigenvalue weighted by Crippen LogP contribution is 2.34. The minimum atomic E-state index is -0.215. The van der Waals surface area contributed by atoms with Crippen LogP contribution in [0.1, 0.15) is 37.7 Å². The molecule has 3 rings (SSSR count). The van der Waals surface area contributed by atoms with E-state index >= 15 is 0 Å². The molecule has 23 heavy (non-hydrogen) atoms. The molecule has 1 aliphatic heterocycles. The van der Waals surface area contributed by atoms with Gasteiger partial charge in [-0.25, -0.2) is 4.98 Å². The molecule has 1 atom stereocenters. The summed E-state index contributed by atoms with van der Waals surface area (Å²) >= 11 is 0. The molecule has 0 aromatic carbocycles. The van der Waals surface area contributed by atoms with Crippen LogP contribution in [0.3, 0.4) is 0 Å². The van der Waals surface area contributed by atoms with Crippen molar-refractivity contribution < 1.29 is 4.79 Å². The van der Waals surface area contributed by atoms with E-state index in [9.17, 15) is 4.79 Å². The summed E-state index contributed by atoms with van der Waals surface area (Å²) in [5.74, 6) is 1.44. The van der Waals surface area contributed by atoms with Gasteiger partial charge in [0.2, 0.25) is 5.91 Å². The second kappa shape index (κ2) is 6.48. The van der Waals surface area contributed by atoms with Gasteiger partial charge in [-0.05, 0) is 33.4 Å². The Morgan fingerprint density at radius 2 is 2.13 bits per heavy atom. The van der Waals surface area contributed by atoms with Gasteiger partial charge in [-0.3, -0.25) is 4.79 Å². The zero-order chi connectivity index (χ0) is 16.4. The van der Waals surface area contributed by atoms with Crippen molar-refractivity contribution in [2.24, 2.45) is 5.41 Å². The van der Waals surface area contributed by atoms with Crippen molar-refractivity contribution >= 4 is 5.91 Å². The third-order valence-corrected chi connectivity index (χ3v) is 5.10. The van der Waals surface area contributed by atoms with Gasteiger partial charge in [0, 0.05) is 38.8 Å². The summed E-state index contributed by atoms with van der Waals surface area (Å²) in [5.41, 5.74) is 1.03. The van der Waals surface area contributed by atoms with Crippen LogP contribution in [-0.4, -0.2) is 52.4 Å². The molecule has 0 saturated heterocycles. The topological polar surface area (TPSA) is 41.4 Å². The fourth-order valence-electron chi connectivity index (χ4n) is 3.69. The summed E-state index contributed by atoms with van der Waals surface area (Å²) in [6.07, 6.45) is 10.1. The molecule has 126 valence electrons. The summed E-state index contributed by atoms with van der Waals surface area (Å²) < 4.78 is 2.30. The SMILES string of the molecule is CN(C)Cc1cnc2n1CCN(C(=O)C1(C)CC=CCC1)CC2. The molecular formula is C18H28N4O. The van der Waals surface area contributed by atoms with Crippen LogP contribution in [0.4, 0.5) is 0 Å². The van der Waals surface area contributed by atoms with E-state index in [4.69, 9.17) is 0 Å². The molecule has 0 bridgehead atoms. The highest BCUT2D eigenvalue weighted by atomic mass is 16.2. The summed E-state index contributed by atoms with van der Waals surface area (Å²) in [6.45, 7) is 5.46. The third-order valence-electron chi connectivity index (χ3n) is 5.10. The van der Waals surface area contributed by atoms with Gasteiger partial charge in [0.1, 0.15) is 5.82 Å². The number of carbonyl (C=O) groups is 1. The first kappa shape index (κ1) is 16.2. The number of imidazole rings is 1. The van der Waals surface area contributed by atoms with Gasteiger partial charge in [-0.15, -0.1) is 0 Å². The Bertz CT molecular complexity index is 604. The fourth-order valence-corrected chi connectivity index (χ4v) is 3.69. The Morgan fingerprint density at radius 3 is 2.83 bits per heavy atom. The summed E-state index contributed by atoms with van der Waals surface area (Å²) in [4.78, 5) is 21.8. The Kier molecular flexibility index (Phi) is 4.57. The number of carbonyl (C=O) groups excluding carboxylic acids is 1. The van der Waals surface area contributed by atoms with Gasteiger partial charge in [-0.1, -0.05) is 19.1 Å². The number of hydrogen-bond acceptors (Lipinski definition) is 3. The normalized spacial score (nSPS) is 24.6. The average Bonchev–Trinajstić information content (AvgIpc) is 2.77. The van der Waals surface area contributed by atoms with E-state index in [0.29, 0.717) is 5.91 Å². The van der Waals surface area contributed by atoms with E-state index in [1.165, 1.54) is 5.69 Å². The Morgan fingerprint density at radius 1 is 1.30 bits per heavy atom. The molecule has 5 nitrogen and oxygen atoms in total. The molecule has 5 heteroatoms. The molecule has 1 aromatic rings. The highest BCUT2D eigenvalue weighted by molar-refractivity contribution is 5.82. The van der Waals surface area contributed by atoms with E-state index in [0.717, 1.165) is 57.7 Å². The van der Waals surface area contributed by atoms with E-state index in [1.807, 2.05) is 6.20 Å². The second-order valence-electron chi connectivity index (χ2n) is 7.37. The van der Waals surface area contributed by atoms with Crippen LogP contribution in [0.25, 0.3) is 0 Å². The smallest absolute Gasteiger partial charge is 0.228 e. The minimum Gasteiger partial charge on any atom is -0.340 e. The number of nitrogens with zero attached hydrogens (tertiary/aromatic N) is 4. The first-order valence-electron chi connectivity index (χ1n) is 8.62. The van der Waals surface area contributed by atoms with Crippen molar-refractivity contribution in [1.82, 2.24) is 19.4 Å². The predicted octanol–water partition coefficient (Wildman–Crippen LogP) is 2.08. The van der Waals surface area contributed by atoms with Gasteiger partial charge >= 0.3 is 0 Å². The molecule has 0 radical (unpaired) electrons. The van der Waals surface area contributed by atoms with E-state index in [1.54, 1.807) is 0 Å². The number of fused-ring (bicyclic) bond motifs is 1. The molecular weight excluding hydrogens is 288 g/mol. The van der Waals surface area contributed by atoms with Crippen LogP contribution in [-0.2, 0) is 24.3 Å². The lowest BCUT2D eigenvalue weighted by Gasteiger charge is -2.34. The van der Waals surface area contributed by atoms with Crippen molar-refractivity contribution in [2.75, 3.05) is 27.2 Å². The molecule has 0 fully saturated rings. The molecule has 0 spiro atoms. The number of amides is 1. The van der Waals surface area contributed by atoms with Gasteiger partial charge in [0.15, 0.2) is 0 Å². The van der Waals surface area contributed by atoms with E-state index in [2.05, 4.69) is 52.5 Å². The molecule has 1 aromatic heterocycles. The second-order valence-corrected chi connectivity index (χ2v) is 7.37. The number of rotatable bonds is 3. The Balaban J connectivity index is 1.71. The van der Waals surface area contributed by atoms with Crippen molar-refractivity contribution in [2.45, 2.75) is 45.7 Å². The first-order chi connectivity index (χ1) is 11.0. The molecule has 2 heterocycles. The van der Waals surface area contributed by atoms with Crippen LogP contribution in [0.15, 0.2) is 18.3 Å². The van der Waals surface area contributed by atoms with Gasteiger partial charge in [0.25, 0.3) is 0 Å². The molecule has 0 N–H and O–H groups in total. The van der Waals surface area contributed by atoms with Crippen LogP contribution >= 0.6 is 0 Å². The van der Waals surface area contributed by atoms with Gasteiger partial charge < -0.3 is 14.4 Å². The van der Waals surface area contributed by atoms with Crippen LogP contribution in [0.2, 0.25) is 0 Å². The zero-order valence-corrected chi connectivity index (χ0v) is 14.6. The maximum Gasteiger partial charge on any atom is 0.228 e. The van der Waals surface area contributed by atoms with Crippen molar-refractivity contribution in [3.05, 3.63) is 29.9 Å². The van der Waals surface area contributed by atoms with Gasteiger partial charge in [0.05, 0.1) is 11.1 Å². The lowest BCUT2D eigenvalue weighted by Crippen LogP contribution is -2.44. The average molecular weight is 316 g/mol. The van der Waals surface area contributed by atoms with Crippen molar-refractivity contribution in [3.8, 4) is 0 Å². The number of allylic oxidation sites excluding steroid dienone is 2. The fraction of sp³-hybridized carbons (Fsp3) is 0.667. The third kappa shape index (κ3) is 3.34. The lowest BCUT2D eigenvalue weighted by atomic mass is 9.77. The van der Waals surface area contributed by atoms with Crippen LogP contribution in [0.5, 0.6) is 0 Å². The van der Waals surface area contributed by atoms with Crippen molar-refractivity contribution in [3.63, 3.8) is 0 Å². The molecule has 1 unspecified atom stereocenters. The summed E-state index contributed by atoms with van der Waals surface area (Å²) in [5, 5.41) is 0. The number of hydrogen-bond donors (Lipinski definition) is 0. The molecule has 2 aliphatic rings. The highest BCUT2D eigenvalue weighted by Gasteiger charge is 2.36.